The number of piperazine rings is 3. The van der Waals surface area contributed by atoms with Gasteiger partial charge in [-0.2, -0.15) is 0 Å². The van der Waals surface area contributed by atoms with Crippen LogP contribution in [0.5, 0.6) is 0 Å². The second-order valence-electron chi connectivity index (χ2n) is 7.56. The van der Waals surface area contributed by atoms with E-state index in [4.69, 9.17) is 4.99 Å². The van der Waals surface area contributed by atoms with Crippen molar-refractivity contribution in [2.24, 2.45) is 4.99 Å². The second-order valence-corrected chi connectivity index (χ2v) is 7.56. The van der Waals surface area contributed by atoms with Gasteiger partial charge in [-0.3, -0.25) is 14.8 Å². The third kappa shape index (κ3) is 5.18. The molecule has 0 saturated carbocycles. The molecule has 2 bridgehead atoms. The van der Waals surface area contributed by atoms with E-state index in [0.29, 0.717) is 6.04 Å². The molecule has 0 spiro atoms. The molecule has 0 radical (unpaired) electrons. The molecule has 2 N–H and O–H groups in total. The number of fused-ring (bicyclic) bond motifs is 4. The number of hydrogen-bond acceptors (Lipinski definition) is 3. The molecule has 1 atom stereocenters. The number of aliphatic imine (C=N–C) groups is 1. The number of nitrogens with one attached hydrogen (secondary N) is 2. The Morgan fingerprint density at radius 3 is 2.68 bits per heavy atom. The standard InChI is InChI=1S/C21H32N6.HI/c1-2-22-21(24-16-19-17-25-12-14-26(19)15-13-25)23-9-5-10-27-11-8-18-6-3-4-7-20(18)27;/h3-4,6-8,11,19H,2,5,9-10,12-17H2,1H3,(H2,22,23,24);1H. The SMILES string of the molecule is CCNC(=NCC1CN2CCN1CC2)NCCCn1ccc2ccccc21.I. The van der Waals surface area contributed by atoms with Gasteiger partial charge in [0.05, 0.1) is 6.54 Å². The lowest BCUT2D eigenvalue weighted by atomic mass is 10.1. The van der Waals surface area contributed by atoms with E-state index in [1.807, 2.05) is 0 Å². The summed E-state index contributed by atoms with van der Waals surface area (Å²) in [6.45, 7) is 11.9. The zero-order chi connectivity index (χ0) is 18.5. The molecule has 1 aromatic heterocycles. The van der Waals surface area contributed by atoms with E-state index in [0.717, 1.165) is 38.6 Å². The Hall–Kier alpha value is -1.32. The quantitative estimate of drug-likeness (QED) is 0.267. The summed E-state index contributed by atoms with van der Waals surface area (Å²) >= 11 is 0. The van der Waals surface area contributed by atoms with E-state index in [-0.39, 0.29) is 24.0 Å². The maximum atomic E-state index is 4.86. The van der Waals surface area contributed by atoms with Crippen molar-refractivity contribution in [1.29, 1.82) is 0 Å². The Labute approximate surface area is 185 Å². The van der Waals surface area contributed by atoms with Gasteiger partial charge >= 0.3 is 0 Å². The van der Waals surface area contributed by atoms with Crippen molar-refractivity contribution in [2.75, 3.05) is 52.4 Å². The maximum Gasteiger partial charge on any atom is 0.191 e. The number of nitrogens with zero attached hydrogens (tertiary/aromatic N) is 4. The maximum absolute atomic E-state index is 4.86. The molecule has 3 aliphatic rings. The lowest BCUT2D eigenvalue weighted by Gasteiger charge is -2.47. The number of guanidine groups is 1. The minimum Gasteiger partial charge on any atom is -0.357 e. The van der Waals surface area contributed by atoms with Crippen LogP contribution in [0.25, 0.3) is 10.9 Å². The van der Waals surface area contributed by atoms with E-state index < -0.39 is 0 Å². The van der Waals surface area contributed by atoms with E-state index in [2.05, 4.69) is 68.5 Å². The fraction of sp³-hybridized carbons (Fsp3) is 0.571. The smallest absolute Gasteiger partial charge is 0.191 e. The number of aromatic nitrogens is 1. The predicted octanol–water partition coefficient (Wildman–Crippen LogP) is 2.20. The highest BCUT2D eigenvalue weighted by atomic mass is 127. The number of rotatable bonds is 7. The molecule has 28 heavy (non-hydrogen) atoms. The normalized spacial score (nSPS) is 24.2. The van der Waals surface area contributed by atoms with Gasteiger partial charge in [0.1, 0.15) is 0 Å². The highest BCUT2D eigenvalue weighted by Gasteiger charge is 2.31. The van der Waals surface area contributed by atoms with Gasteiger partial charge in [-0.05, 0) is 30.9 Å². The number of benzene rings is 1. The molecule has 5 rings (SSSR count). The van der Waals surface area contributed by atoms with Gasteiger partial charge in [-0.1, -0.05) is 18.2 Å². The predicted molar refractivity (Wildman–Crippen MR) is 128 cm³/mol. The average Bonchev–Trinajstić information content (AvgIpc) is 3.13. The summed E-state index contributed by atoms with van der Waals surface area (Å²) in [6.07, 6.45) is 3.26. The third-order valence-corrected chi connectivity index (χ3v) is 5.75. The van der Waals surface area contributed by atoms with Crippen molar-refractivity contribution >= 4 is 40.8 Å². The van der Waals surface area contributed by atoms with Gasteiger partial charge in [-0.25, -0.2) is 0 Å². The van der Waals surface area contributed by atoms with Crippen LogP contribution in [0.15, 0.2) is 41.5 Å². The van der Waals surface area contributed by atoms with Gasteiger partial charge in [0.15, 0.2) is 5.96 Å². The summed E-state index contributed by atoms with van der Waals surface area (Å²) in [4.78, 5) is 10.0. The molecule has 2 aromatic rings. The summed E-state index contributed by atoms with van der Waals surface area (Å²) in [5, 5.41) is 8.21. The summed E-state index contributed by atoms with van der Waals surface area (Å²) in [7, 11) is 0. The van der Waals surface area contributed by atoms with E-state index in [1.54, 1.807) is 0 Å². The van der Waals surface area contributed by atoms with Crippen molar-refractivity contribution in [3.63, 3.8) is 0 Å². The monoisotopic (exact) mass is 496 g/mol. The molecule has 4 heterocycles. The topological polar surface area (TPSA) is 47.8 Å². The second kappa shape index (κ2) is 10.5. The molecular weight excluding hydrogens is 463 g/mol. The molecule has 3 aliphatic heterocycles. The molecule has 0 amide bonds. The Bertz CT molecular complexity index is 765. The lowest BCUT2D eigenvalue weighted by Crippen LogP contribution is -2.62. The molecule has 7 heteroatoms. The van der Waals surface area contributed by atoms with Crippen LogP contribution in [0.1, 0.15) is 13.3 Å². The number of hydrogen-bond donors (Lipinski definition) is 2. The first-order valence-electron chi connectivity index (χ1n) is 10.4. The third-order valence-electron chi connectivity index (χ3n) is 5.75. The van der Waals surface area contributed by atoms with Crippen LogP contribution >= 0.6 is 24.0 Å². The Morgan fingerprint density at radius 2 is 1.93 bits per heavy atom. The molecule has 3 fully saturated rings. The van der Waals surface area contributed by atoms with Gasteiger partial charge in [0, 0.05) is 70.1 Å². The van der Waals surface area contributed by atoms with Crippen LogP contribution in [0, 0.1) is 0 Å². The summed E-state index contributed by atoms with van der Waals surface area (Å²) in [5.74, 6) is 0.951. The van der Waals surface area contributed by atoms with Gasteiger partial charge in [0.2, 0.25) is 0 Å². The largest absolute Gasteiger partial charge is 0.357 e. The molecule has 3 saturated heterocycles. The van der Waals surface area contributed by atoms with Crippen molar-refractivity contribution < 1.29 is 0 Å². The molecule has 154 valence electrons. The van der Waals surface area contributed by atoms with Gasteiger partial charge in [-0.15, -0.1) is 24.0 Å². The molecule has 6 nitrogen and oxygen atoms in total. The summed E-state index contributed by atoms with van der Waals surface area (Å²) in [6, 6.07) is 11.3. The van der Waals surface area contributed by atoms with E-state index in [9.17, 15) is 0 Å². The summed E-state index contributed by atoms with van der Waals surface area (Å²) in [5.41, 5.74) is 1.31. The van der Waals surface area contributed by atoms with Crippen LogP contribution in [0.4, 0.5) is 0 Å². The van der Waals surface area contributed by atoms with Crippen LogP contribution in [-0.4, -0.2) is 78.7 Å². The number of para-hydroxylation sites is 1. The number of halogens is 1. The van der Waals surface area contributed by atoms with E-state index in [1.165, 1.54) is 43.6 Å². The van der Waals surface area contributed by atoms with Crippen molar-refractivity contribution in [2.45, 2.75) is 25.9 Å². The molecular formula is C21H33IN6. The molecule has 0 aliphatic carbocycles. The lowest BCUT2D eigenvalue weighted by molar-refractivity contribution is 0.0174. The van der Waals surface area contributed by atoms with Gasteiger partial charge < -0.3 is 15.2 Å². The summed E-state index contributed by atoms with van der Waals surface area (Å²) < 4.78 is 2.33. The first-order valence-corrected chi connectivity index (χ1v) is 10.4. The van der Waals surface area contributed by atoms with Crippen LogP contribution < -0.4 is 10.6 Å². The van der Waals surface area contributed by atoms with Crippen molar-refractivity contribution in [1.82, 2.24) is 25.0 Å². The highest BCUT2D eigenvalue weighted by Crippen LogP contribution is 2.16. The number of aryl methyl sites for hydroxylation is 1. The molecule has 1 unspecified atom stereocenters. The van der Waals surface area contributed by atoms with Crippen molar-refractivity contribution in [3.05, 3.63) is 36.5 Å². The Kier molecular flexibility index (Phi) is 7.99. The first-order chi connectivity index (χ1) is 13.3. The highest BCUT2D eigenvalue weighted by molar-refractivity contribution is 14.0. The molecule has 1 aromatic carbocycles. The zero-order valence-corrected chi connectivity index (χ0v) is 19.1. The minimum absolute atomic E-state index is 0. The average molecular weight is 496 g/mol. The van der Waals surface area contributed by atoms with Gasteiger partial charge in [0.25, 0.3) is 0 Å². The zero-order valence-electron chi connectivity index (χ0n) is 16.8. The Balaban J connectivity index is 0.00000225. The fourth-order valence-electron chi connectivity index (χ4n) is 4.23. The van der Waals surface area contributed by atoms with Crippen LogP contribution in [0.3, 0.4) is 0 Å². The van der Waals surface area contributed by atoms with Crippen molar-refractivity contribution in [3.8, 4) is 0 Å². The van der Waals surface area contributed by atoms with E-state index >= 15 is 0 Å². The fourth-order valence-corrected chi connectivity index (χ4v) is 4.23. The first kappa shape index (κ1) is 21.4. The van der Waals surface area contributed by atoms with Crippen LogP contribution in [0.2, 0.25) is 0 Å². The van der Waals surface area contributed by atoms with Crippen LogP contribution in [-0.2, 0) is 6.54 Å². The Morgan fingerprint density at radius 1 is 1.11 bits per heavy atom. The minimum atomic E-state index is 0.